The molecule has 2 aromatic carbocycles. The Morgan fingerprint density at radius 1 is 1.00 bits per heavy atom. The Hall–Kier alpha value is -1.74. The summed E-state index contributed by atoms with van der Waals surface area (Å²) in [6.07, 6.45) is 1.82. The molecule has 0 radical (unpaired) electrons. The van der Waals surface area contributed by atoms with Crippen molar-refractivity contribution in [3.05, 3.63) is 53.0 Å². The molecule has 0 aromatic heterocycles. The molecule has 0 N–H and O–H groups in total. The van der Waals surface area contributed by atoms with Gasteiger partial charge in [0.2, 0.25) is 0 Å². The average Bonchev–Trinajstić information content (AvgIpc) is 2.47. The van der Waals surface area contributed by atoms with Crippen molar-refractivity contribution >= 4 is 22.0 Å². The molecule has 0 saturated carbocycles. The van der Waals surface area contributed by atoms with Gasteiger partial charge < -0.3 is 9.47 Å². The van der Waals surface area contributed by atoms with Crippen LogP contribution in [0, 0.1) is 0 Å². The van der Waals surface area contributed by atoms with E-state index in [9.17, 15) is 0 Å². The molecule has 98 valence electrons. The molecule has 19 heavy (non-hydrogen) atoms. The first-order valence-corrected chi connectivity index (χ1v) is 6.63. The molecule has 0 unspecified atom stereocenters. The quantitative estimate of drug-likeness (QED) is 0.808. The topological polar surface area (TPSA) is 18.5 Å². The van der Waals surface area contributed by atoms with Crippen LogP contribution in [-0.4, -0.2) is 14.2 Å². The molecule has 0 heterocycles. The molecule has 0 aliphatic heterocycles. The number of rotatable bonds is 4. The SMILES string of the molecule is C=Cc1ccc(-c2cc(OC)c(Br)cc2OC)cc1. The molecule has 0 fully saturated rings. The molecule has 2 nitrogen and oxygen atoms in total. The Bertz CT molecular complexity index is 588. The second-order valence-electron chi connectivity index (χ2n) is 4.01. The van der Waals surface area contributed by atoms with Crippen molar-refractivity contribution in [3.63, 3.8) is 0 Å². The predicted molar refractivity (Wildman–Crippen MR) is 82.8 cm³/mol. The Labute approximate surface area is 121 Å². The van der Waals surface area contributed by atoms with Gasteiger partial charge in [-0.15, -0.1) is 0 Å². The first kappa shape index (κ1) is 13.7. The minimum Gasteiger partial charge on any atom is -0.496 e. The van der Waals surface area contributed by atoms with Crippen LogP contribution in [0.5, 0.6) is 11.5 Å². The first-order chi connectivity index (χ1) is 9.19. The minimum atomic E-state index is 0.781. The van der Waals surface area contributed by atoms with Crippen molar-refractivity contribution in [2.75, 3.05) is 14.2 Å². The average molecular weight is 319 g/mol. The van der Waals surface area contributed by atoms with E-state index in [1.807, 2.05) is 42.5 Å². The largest absolute Gasteiger partial charge is 0.496 e. The van der Waals surface area contributed by atoms with Crippen LogP contribution < -0.4 is 9.47 Å². The fourth-order valence-corrected chi connectivity index (χ4v) is 2.37. The molecular formula is C16H15BrO2. The zero-order chi connectivity index (χ0) is 13.8. The maximum Gasteiger partial charge on any atom is 0.133 e. The zero-order valence-electron chi connectivity index (χ0n) is 10.9. The zero-order valence-corrected chi connectivity index (χ0v) is 12.5. The van der Waals surface area contributed by atoms with Crippen LogP contribution in [0.2, 0.25) is 0 Å². The fraction of sp³-hybridized carbons (Fsp3) is 0.125. The van der Waals surface area contributed by atoms with E-state index in [2.05, 4.69) is 22.5 Å². The van der Waals surface area contributed by atoms with Gasteiger partial charge in [-0.1, -0.05) is 36.9 Å². The van der Waals surface area contributed by atoms with Gasteiger partial charge in [0.25, 0.3) is 0 Å². The van der Waals surface area contributed by atoms with E-state index in [0.717, 1.165) is 32.7 Å². The molecular weight excluding hydrogens is 304 g/mol. The van der Waals surface area contributed by atoms with Crippen LogP contribution in [0.25, 0.3) is 17.2 Å². The van der Waals surface area contributed by atoms with Crippen LogP contribution in [0.3, 0.4) is 0 Å². The summed E-state index contributed by atoms with van der Waals surface area (Å²) in [5, 5.41) is 0. The summed E-state index contributed by atoms with van der Waals surface area (Å²) >= 11 is 3.46. The van der Waals surface area contributed by atoms with Gasteiger partial charge in [-0.25, -0.2) is 0 Å². The van der Waals surface area contributed by atoms with E-state index in [0.29, 0.717) is 0 Å². The lowest BCUT2D eigenvalue weighted by atomic mass is 10.0. The van der Waals surface area contributed by atoms with Crippen molar-refractivity contribution in [2.45, 2.75) is 0 Å². The van der Waals surface area contributed by atoms with E-state index in [-0.39, 0.29) is 0 Å². The standard InChI is InChI=1S/C16H15BrO2/c1-4-11-5-7-12(8-6-11)13-9-16(19-3)14(17)10-15(13)18-2/h4-10H,1H2,2-3H3. The van der Waals surface area contributed by atoms with Crippen molar-refractivity contribution < 1.29 is 9.47 Å². The highest BCUT2D eigenvalue weighted by Crippen LogP contribution is 2.38. The summed E-state index contributed by atoms with van der Waals surface area (Å²) < 4.78 is 11.6. The molecule has 0 aliphatic carbocycles. The van der Waals surface area contributed by atoms with E-state index in [1.54, 1.807) is 14.2 Å². The highest BCUT2D eigenvalue weighted by molar-refractivity contribution is 9.10. The molecule has 2 rings (SSSR count). The van der Waals surface area contributed by atoms with Crippen LogP contribution in [0.15, 0.2) is 47.4 Å². The van der Waals surface area contributed by atoms with Crippen molar-refractivity contribution in [2.24, 2.45) is 0 Å². The van der Waals surface area contributed by atoms with Crippen LogP contribution in [-0.2, 0) is 0 Å². The lowest BCUT2D eigenvalue weighted by Crippen LogP contribution is -1.92. The third-order valence-electron chi connectivity index (χ3n) is 2.93. The summed E-state index contributed by atoms with van der Waals surface area (Å²) in [5.74, 6) is 1.59. The lowest BCUT2D eigenvalue weighted by Gasteiger charge is -2.12. The van der Waals surface area contributed by atoms with Crippen LogP contribution in [0.4, 0.5) is 0 Å². The van der Waals surface area contributed by atoms with E-state index in [4.69, 9.17) is 9.47 Å². The molecule has 0 spiro atoms. The summed E-state index contributed by atoms with van der Waals surface area (Å²) in [6, 6.07) is 12.0. The van der Waals surface area contributed by atoms with Crippen LogP contribution in [0.1, 0.15) is 5.56 Å². The summed E-state index contributed by atoms with van der Waals surface area (Å²) in [7, 11) is 3.31. The number of halogens is 1. The third-order valence-corrected chi connectivity index (χ3v) is 3.55. The molecule has 0 bridgehead atoms. The van der Waals surface area contributed by atoms with Gasteiger partial charge in [-0.3, -0.25) is 0 Å². The Morgan fingerprint density at radius 2 is 1.63 bits per heavy atom. The Kier molecular flexibility index (Phi) is 4.27. The number of hydrogen-bond donors (Lipinski definition) is 0. The molecule has 0 saturated heterocycles. The van der Waals surface area contributed by atoms with Crippen molar-refractivity contribution in [3.8, 4) is 22.6 Å². The molecule has 0 aliphatic rings. The monoisotopic (exact) mass is 318 g/mol. The maximum atomic E-state index is 5.43. The summed E-state index contributed by atoms with van der Waals surface area (Å²) in [4.78, 5) is 0. The number of methoxy groups -OCH3 is 2. The maximum absolute atomic E-state index is 5.43. The molecule has 0 amide bonds. The van der Waals surface area contributed by atoms with Gasteiger partial charge in [0.1, 0.15) is 11.5 Å². The van der Waals surface area contributed by atoms with Gasteiger partial charge >= 0.3 is 0 Å². The number of benzene rings is 2. The second kappa shape index (κ2) is 5.93. The van der Waals surface area contributed by atoms with E-state index in [1.165, 1.54) is 0 Å². The Morgan fingerprint density at radius 3 is 2.16 bits per heavy atom. The van der Waals surface area contributed by atoms with Crippen LogP contribution >= 0.6 is 15.9 Å². The highest BCUT2D eigenvalue weighted by Gasteiger charge is 2.11. The van der Waals surface area contributed by atoms with Gasteiger partial charge in [-0.05, 0) is 39.2 Å². The van der Waals surface area contributed by atoms with E-state index < -0.39 is 0 Å². The number of ether oxygens (including phenoxy) is 2. The first-order valence-electron chi connectivity index (χ1n) is 5.84. The predicted octanol–water partition coefficient (Wildman–Crippen LogP) is 4.78. The van der Waals surface area contributed by atoms with E-state index >= 15 is 0 Å². The normalized spacial score (nSPS) is 10.1. The second-order valence-corrected chi connectivity index (χ2v) is 4.87. The summed E-state index contributed by atoms with van der Waals surface area (Å²) in [6.45, 7) is 3.76. The third kappa shape index (κ3) is 2.82. The molecule has 0 atom stereocenters. The summed E-state index contributed by atoms with van der Waals surface area (Å²) in [5.41, 5.74) is 3.17. The minimum absolute atomic E-state index is 0.781. The van der Waals surface area contributed by atoms with Gasteiger partial charge in [0.05, 0.1) is 18.7 Å². The molecule has 2 aromatic rings. The Balaban J connectivity index is 2.55. The lowest BCUT2D eigenvalue weighted by molar-refractivity contribution is 0.402. The van der Waals surface area contributed by atoms with Crippen molar-refractivity contribution in [1.29, 1.82) is 0 Å². The van der Waals surface area contributed by atoms with Gasteiger partial charge in [-0.2, -0.15) is 0 Å². The number of hydrogen-bond acceptors (Lipinski definition) is 2. The molecule has 3 heteroatoms. The fourth-order valence-electron chi connectivity index (χ4n) is 1.88. The van der Waals surface area contributed by atoms with Gasteiger partial charge in [0.15, 0.2) is 0 Å². The van der Waals surface area contributed by atoms with Gasteiger partial charge in [0, 0.05) is 5.56 Å². The highest BCUT2D eigenvalue weighted by atomic mass is 79.9. The smallest absolute Gasteiger partial charge is 0.133 e. The van der Waals surface area contributed by atoms with Crippen molar-refractivity contribution in [1.82, 2.24) is 0 Å².